The Hall–Kier alpha value is -2.79. The second-order valence-corrected chi connectivity index (χ2v) is 10.2. The molecule has 4 rings (SSSR count). The number of hydrogen-bond donors (Lipinski definition) is 0. The van der Waals surface area contributed by atoms with Gasteiger partial charge in [-0.3, -0.25) is 0 Å². The lowest BCUT2D eigenvalue weighted by molar-refractivity contribution is -0.130. The van der Waals surface area contributed by atoms with Gasteiger partial charge >= 0.3 is 6.18 Å². The number of nitrogens with zero attached hydrogens (tertiary/aromatic N) is 5. The van der Waals surface area contributed by atoms with E-state index in [1.165, 1.54) is 4.31 Å². The quantitative estimate of drug-likeness (QED) is 0.532. The molecule has 33 heavy (non-hydrogen) atoms. The van der Waals surface area contributed by atoms with Gasteiger partial charge in [-0.15, -0.1) is 0 Å². The lowest BCUT2D eigenvalue weighted by atomic mass is 9.95. The first-order valence-corrected chi connectivity index (χ1v) is 12.2. The van der Waals surface area contributed by atoms with Gasteiger partial charge in [0.05, 0.1) is 23.6 Å². The maximum Gasteiger partial charge on any atom is 0.390 e. The molecule has 1 aliphatic heterocycles. The predicted octanol–water partition coefficient (Wildman–Crippen LogP) is 4.10. The first-order chi connectivity index (χ1) is 15.6. The average Bonchev–Trinajstić information content (AvgIpc) is 3.24. The molecule has 0 aliphatic carbocycles. The van der Waals surface area contributed by atoms with Crippen molar-refractivity contribution in [3.63, 3.8) is 0 Å². The van der Waals surface area contributed by atoms with E-state index in [1.807, 2.05) is 37.3 Å². The van der Waals surface area contributed by atoms with E-state index in [9.17, 15) is 21.6 Å². The highest BCUT2D eigenvalue weighted by molar-refractivity contribution is 7.89. The van der Waals surface area contributed by atoms with E-state index in [2.05, 4.69) is 15.1 Å². The molecule has 0 bridgehead atoms. The number of piperidine rings is 1. The molecule has 11 heteroatoms. The minimum Gasteiger partial charge on any atom is -0.220 e. The summed E-state index contributed by atoms with van der Waals surface area (Å²) in [7, 11) is -4.03. The van der Waals surface area contributed by atoms with Crippen molar-refractivity contribution in [2.24, 2.45) is 0 Å². The van der Waals surface area contributed by atoms with Gasteiger partial charge in [-0.25, -0.2) is 27.4 Å². The van der Waals surface area contributed by atoms with E-state index < -0.39 is 28.4 Å². The van der Waals surface area contributed by atoms with Gasteiger partial charge in [0.2, 0.25) is 10.0 Å². The summed E-state index contributed by atoms with van der Waals surface area (Å²) in [5, 5.41) is 4.69. The summed E-state index contributed by atoms with van der Waals surface area (Å²) in [6, 6.07) is 11.4. The molecule has 0 spiro atoms. The summed E-state index contributed by atoms with van der Waals surface area (Å²) >= 11 is 0. The lowest BCUT2D eigenvalue weighted by Crippen LogP contribution is -2.41. The normalized spacial score (nSPS) is 17.9. The van der Waals surface area contributed by atoms with Gasteiger partial charge in [0.15, 0.2) is 0 Å². The first-order valence-electron chi connectivity index (χ1n) is 10.6. The fourth-order valence-electron chi connectivity index (χ4n) is 3.92. The topological polar surface area (TPSA) is 81.0 Å². The van der Waals surface area contributed by atoms with Crippen molar-refractivity contribution in [2.45, 2.75) is 38.3 Å². The van der Waals surface area contributed by atoms with Gasteiger partial charge in [0.25, 0.3) is 5.95 Å². The Labute approximate surface area is 190 Å². The van der Waals surface area contributed by atoms with Gasteiger partial charge in [0, 0.05) is 37.0 Å². The Balaban J connectivity index is 1.66. The fraction of sp³-hybridized carbons (Fsp3) is 0.409. The molecule has 1 atom stereocenters. The Morgan fingerprint density at radius 3 is 2.48 bits per heavy atom. The molecule has 3 heterocycles. The fourth-order valence-corrected chi connectivity index (χ4v) is 5.48. The highest BCUT2D eigenvalue weighted by atomic mass is 32.2. The molecule has 7 nitrogen and oxygen atoms in total. The molecule has 0 amide bonds. The average molecular weight is 480 g/mol. The number of aryl methyl sites for hydroxylation is 1. The van der Waals surface area contributed by atoms with Crippen LogP contribution in [-0.2, 0) is 10.0 Å². The van der Waals surface area contributed by atoms with Gasteiger partial charge in [-0.1, -0.05) is 29.8 Å². The lowest BCUT2D eigenvalue weighted by Gasteiger charge is -2.32. The van der Waals surface area contributed by atoms with Crippen LogP contribution >= 0.6 is 0 Å². The maximum atomic E-state index is 12.6. The van der Waals surface area contributed by atoms with Crippen molar-refractivity contribution < 1.29 is 21.6 Å². The van der Waals surface area contributed by atoms with Crippen molar-refractivity contribution >= 4 is 10.0 Å². The van der Waals surface area contributed by atoms with Gasteiger partial charge < -0.3 is 0 Å². The molecule has 1 aliphatic rings. The number of alkyl halides is 3. The zero-order valence-corrected chi connectivity index (χ0v) is 18.8. The second-order valence-electron chi connectivity index (χ2n) is 8.16. The van der Waals surface area contributed by atoms with E-state index in [0.717, 1.165) is 16.8 Å². The molecule has 0 N–H and O–H groups in total. The molecule has 1 saturated heterocycles. The van der Waals surface area contributed by atoms with E-state index in [0.29, 0.717) is 24.5 Å². The second kappa shape index (κ2) is 9.22. The SMILES string of the molecule is Cc1ccc(-c2cc(C3CCCN(S(=O)(=O)CCC(F)(F)F)C3)n(-c3ncccn3)n2)cc1. The van der Waals surface area contributed by atoms with Crippen molar-refractivity contribution in [2.75, 3.05) is 18.8 Å². The number of benzene rings is 1. The van der Waals surface area contributed by atoms with Crippen LogP contribution in [0.4, 0.5) is 13.2 Å². The van der Waals surface area contributed by atoms with Crippen molar-refractivity contribution in [1.29, 1.82) is 0 Å². The van der Waals surface area contributed by atoms with Crippen LogP contribution in [0.2, 0.25) is 0 Å². The van der Waals surface area contributed by atoms with Crippen LogP contribution in [0, 0.1) is 6.92 Å². The molecule has 1 fully saturated rings. The van der Waals surface area contributed by atoms with E-state index >= 15 is 0 Å². The van der Waals surface area contributed by atoms with Crippen LogP contribution in [0.5, 0.6) is 0 Å². The van der Waals surface area contributed by atoms with E-state index in [-0.39, 0.29) is 19.0 Å². The standard InChI is InChI=1S/C22H24F3N5O2S/c1-16-5-7-17(8-6-16)19-14-20(30(28-19)21-26-10-3-11-27-21)18-4-2-12-29(15-18)33(31,32)13-9-22(23,24)25/h3,5-8,10-11,14,18H,2,4,9,12-13,15H2,1H3. The number of hydrogen-bond acceptors (Lipinski definition) is 5. The summed E-state index contributed by atoms with van der Waals surface area (Å²) in [6.07, 6.45) is -1.48. The van der Waals surface area contributed by atoms with Gasteiger partial charge in [-0.05, 0) is 31.9 Å². The minimum absolute atomic E-state index is 0.0893. The van der Waals surface area contributed by atoms with Crippen LogP contribution in [-0.4, -0.2) is 57.5 Å². The summed E-state index contributed by atoms with van der Waals surface area (Å²) in [6.45, 7) is 2.28. The van der Waals surface area contributed by atoms with Crippen LogP contribution in [0.1, 0.15) is 36.4 Å². The Bertz CT molecular complexity index is 1200. The smallest absolute Gasteiger partial charge is 0.220 e. The summed E-state index contributed by atoms with van der Waals surface area (Å²) in [4.78, 5) is 8.56. The number of rotatable bonds is 6. The third-order valence-electron chi connectivity index (χ3n) is 5.67. The Kier molecular flexibility index (Phi) is 6.53. The number of halogens is 3. The molecular weight excluding hydrogens is 455 g/mol. The summed E-state index contributed by atoms with van der Waals surface area (Å²) < 4.78 is 65.8. The molecule has 0 radical (unpaired) electrons. The van der Waals surface area contributed by atoms with Gasteiger partial charge in [-0.2, -0.15) is 18.3 Å². The molecule has 0 saturated carbocycles. The highest BCUT2D eigenvalue weighted by Crippen LogP contribution is 2.33. The van der Waals surface area contributed by atoms with Crippen LogP contribution in [0.25, 0.3) is 17.2 Å². The van der Waals surface area contributed by atoms with Crippen molar-refractivity contribution in [3.05, 3.63) is 60.0 Å². The van der Waals surface area contributed by atoms with E-state index in [4.69, 9.17) is 0 Å². The zero-order valence-electron chi connectivity index (χ0n) is 18.0. The molecule has 176 valence electrons. The highest BCUT2D eigenvalue weighted by Gasteiger charge is 2.35. The zero-order chi connectivity index (χ0) is 23.6. The maximum absolute atomic E-state index is 12.6. The number of aromatic nitrogens is 4. The molecule has 1 unspecified atom stereocenters. The van der Waals surface area contributed by atoms with Crippen molar-refractivity contribution in [1.82, 2.24) is 24.1 Å². The Morgan fingerprint density at radius 2 is 1.82 bits per heavy atom. The molecule has 3 aromatic rings. The van der Waals surface area contributed by atoms with Crippen LogP contribution in [0.3, 0.4) is 0 Å². The van der Waals surface area contributed by atoms with E-state index in [1.54, 1.807) is 23.1 Å². The third kappa shape index (κ3) is 5.59. The molecular formula is C22H24F3N5O2S. The minimum atomic E-state index is -4.52. The number of sulfonamides is 1. The predicted molar refractivity (Wildman–Crippen MR) is 117 cm³/mol. The first kappa shape index (κ1) is 23.4. The summed E-state index contributed by atoms with van der Waals surface area (Å²) in [5.41, 5.74) is 3.42. The van der Waals surface area contributed by atoms with Crippen LogP contribution in [0.15, 0.2) is 48.8 Å². The van der Waals surface area contributed by atoms with Crippen molar-refractivity contribution in [3.8, 4) is 17.2 Å². The molecule has 2 aromatic heterocycles. The van der Waals surface area contributed by atoms with Crippen LogP contribution < -0.4 is 0 Å². The molecule has 1 aromatic carbocycles. The third-order valence-corrected chi connectivity index (χ3v) is 7.50. The monoisotopic (exact) mass is 479 g/mol. The largest absolute Gasteiger partial charge is 0.390 e. The Morgan fingerprint density at radius 1 is 1.12 bits per heavy atom. The summed E-state index contributed by atoms with van der Waals surface area (Å²) in [5.74, 6) is -0.850. The van der Waals surface area contributed by atoms with Gasteiger partial charge in [0.1, 0.15) is 0 Å².